The lowest BCUT2D eigenvalue weighted by Gasteiger charge is -2.17. The van der Waals surface area contributed by atoms with Crippen molar-refractivity contribution in [2.24, 2.45) is 0 Å². The highest BCUT2D eigenvalue weighted by atomic mass is 32.2. The highest BCUT2D eigenvalue weighted by Crippen LogP contribution is 2.28. The van der Waals surface area contributed by atoms with Gasteiger partial charge < -0.3 is 9.26 Å². The SMILES string of the molecule is COc1ccc(F)cc1S(=O)(=O)N(C)Cc1nc(-c2cccs2)no1. The Bertz CT molecular complexity index is 971. The highest BCUT2D eigenvalue weighted by molar-refractivity contribution is 7.89. The largest absolute Gasteiger partial charge is 0.495 e. The highest BCUT2D eigenvalue weighted by Gasteiger charge is 2.27. The van der Waals surface area contributed by atoms with Gasteiger partial charge in [0.25, 0.3) is 0 Å². The van der Waals surface area contributed by atoms with Gasteiger partial charge in [-0.1, -0.05) is 11.2 Å². The molecular weight excluding hydrogens is 369 g/mol. The summed E-state index contributed by atoms with van der Waals surface area (Å²) in [4.78, 5) is 4.73. The summed E-state index contributed by atoms with van der Waals surface area (Å²) in [5.41, 5.74) is 0. The summed E-state index contributed by atoms with van der Waals surface area (Å²) in [6.45, 7) is -0.152. The summed E-state index contributed by atoms with van der Waals surface area (Å²) in [5.74, 6) is -0.104. The number of aromatic nitrogens is 2. The van der Waals surface area contributed by atoms with Crippen LogP contribution in [-0.2, 0) is 16.6 Å². The molecule has 0 bridgehead atoms. The van der Waals surface area contributed by atoms with E-state index < -0.39 is 15.8 Å². The van der Waals surface area contributed by atoms with Crippen molar-refractivity contribution < 1.29 is 22.1 Å². The summed E-state index contributed by atoms with van der Waals surface area (Å²) in [6.07, 6.45) is 0. The van der Waals surface area contributed by atoms with Crippen LogP contribution in [0.15, 0.2) is 45.1 Å². The predicted molar refractivity (Wildman–Crippen MR) is 89.2 cm³/mol. The molecule has 2 heterocycles. The van der Waals surface area contributed by atoms with Crippen LogP contribution in [0.5, 0.6) is 5.75 Å². The van der Waals surface area contributed by atoms with Gasteiger partial charge in [-0.05, 0) is 29.6 Å². The monoisotopic (exact) mass is 383 g/mol. The van der Waals surface area contributed by atoms with E-state index in [0.29, 0.717) is 5.82 Å². The molecule has 0 saturated carbocycles. The topological polar surface area (TPSA) is 85.5 Å². The minimum Gasteiger partial charge on any atom is -0.495 e. The van der Waals surface area contributed by atoms with Crippen molar-refractivity contribution in [2.45, 2.75) is 11.4 Å². The second-order valence-corrected chi connectivity index (χ2v) is 8.01. The minimum absolute atomic E-state index is 0.0538. The first kappa shape index (κ1) is 17.5. The van der Waals surface area contributed by atoms with Crippen molar-refractivity contribution in [1.82, 2.24) is 14.4 Å². The molecule has 0 amide bonds. The van der Waals surface area contributed by atoms with Gasteiger partial charge in [0.2, 0.25) is 21.7 Å². The second-order valence-electron chi connectivity index (χ2n) is 5.05. The molecule has 0 unspecified atom stereocenters. The smallest absolute Gasteiger partial charge is 0.247 e. The Balaban J connectivity index is 1.85. The molecule has 0 aliphatic carbocycles. The van der Waals surface area contributed by atoms with Crippen LogP contribution >= 0.6 is 11.3 Å². The second kappa shape index (κ2) is 6.90. The number of ether oxygens (including phenoxy) is 1. The number of rotatable bonds is 6. The van der Waals surface area contributed by atoms with Gasteiger partial charge in [-0.25, -0.2) is 12.8 Å². The van der Waals surface area contributed by atoms with E-state index in [1.165, 1.54) is 31.6 Å². The average Bonchev–Trinajstić information content (AvgIpc) is 3.25. The normalized spacial score (nSPS) is 11.8. The fraction of sp³-hybridized carbons (Fsp3) is 0.200. The first-order valence-corrected chi connectivity index (χ1v) is 9.40. The third kappa shape index (κ3) is 3.55. The quantitative estimate of drug-likeness (QED) is 0.651. The van der Waals surface area contributed by atoms with E-state index in [9.17, 15) is 12.8 Å². The summed E-state index contributed by atoms with van der Waals surface area (Å²) in [5, 5.41) is 5.71. The molecule has 0 fully saturated rings. The van der Waals surface area contributed by atoms with Crippen molar-refractivity contribution in [2.75, 3.05) is 14.2 Å². The summed E-state index contributed by atoms with van der Waals surface area (Å²) >= 11 is 1.44. The molecule has 0 atom stereocenters. The molecule has 2 aromatic heterocycles. The molecule has 0 radical (unpaired) electrons. The Morgan fingerprint density at radius 2 is 2.16 bits per heavy atom. The van der Waals surface area contributed by atoms with E-state index in [4.69, 9.17) is 9.26 Å². The predicted octanol–water partition coefficient (Wildman–Crippen LogP) is 2.77. The van der Waals surface area contributed by atoms with Crippen molar-refractivity contribution in [3.63, 3.8) is 0 Å². The molecule has 3 aromatic rings. The van der Waals surface area contributed by atoms with Gasteiger partial charge in [-0.2, -0.15) is 9.29 Å². The van der Waals surface area contributed by atoms with Gasteiger partial charge >= 0.3 is 0 Å². The van der Waals surface area contributed by atoms with Crippen molar-refractivity contribution in [3.8, 4) is 16.5 Å². The fourth-order valence-corrected chi connectivity index (χ4v) is 4.05. The number of thiophene rings is 1. The molecule has 0 aliphatic rings. The zero-order chi connectivity index (χ0) is 18.0. The van der Waals surface area contributed by atoms with Gasteiger partial charge in [0.1, 0.15) is 16.5 Å². The number of hydrogen-bond acceptors (Lipinski definition) is 7. The molecule has 1 aromatic carbocycles. The van der Waals surface area contributed by atoms with Gasteiger partial charge in [0, 0.05) is 7.05 Å². The van der Waals surface area contributed by atoms with Gasteiger partial charge in [-0.3, -0.25) is 0 Å². The van der Waals surface area contributed by atoms with Crippen molar-refractivity contribution in [3.05, 3.63) is 47.4 Å². The lowest BCUT2D eigenvalue weighted by molar-refractivity contribution is 0.335. The number of nitrogens with zero attached hydrogens (tertiary/aromatic N) is 3. The lowest BCUT2D eigenvalue weighted by Crippen LogP contribution is -2.27. The maximum absolute atomic E-state index is 13.5. The number of methoxy groups -OCH3 is 1. The number of sulfonamides is 1. The zero-order valence-corrected chi connectivity index (χ0v) is 15.0. The Hall–Kier alpha value is -2.30. The van der Waals surface area contributed by atoms with E-state index >= 15 is 0 Å². The maximum atomic E-state index is 13.5. The van der Waals surface area contributed by atoms with E-state index in [1.54, 1.807) is 0 Å². The Kier molecular flexibility index (Phi) is 4.84. The molecule has 7 nitrogen and oxygen atoms in total. The number of benzene rings is 1. The molecule has 25 heavy (non-hydrogen) atoms. The van der Waals surface area contributed by atoms with Crippen LogP contribution in [0.1, 0.15) is 5.89 Å². The van der Waals surface area contributed by atoms with Crippen LogP contribution in [0.4, 0.5) is 4.39 Å². The number of halogens is 1. The molecule has 0 aliphatic heterocycles. The van der Waals surface area contributed by atoms with E-state index in [2.05, 4.69) is 10.1 Å². The molecule has 0 spiro atoms. The third-order valence-electron chi connectivity index (χ3n) is 3.38. The van der Waals surface area contributed by atoms with Crippen LogP contribution in [-0.4, -0.2) is 37.0 Å². The molecule has 132 valence electrons. The van der Waals surface area contributed by atoms with Crippen LogP contribution in [0, 0.1) is 5.82 Å². The zero-order valence-electron chi connectivity index (χ0n) is 13.3. The fourth-order valence-electron chi connectivity index (χ4n) is 2.12. The average molecular weight is 383 g/mol. The van der Waals surface area contributed by atoms with Crippen LogP contribution < -0.4 is 4.74 Å². The van der Waals surface area contributed by atoms with Gasteiger partial charge in [-0.15, -0.1) is 11.3 Å². The maximum Gasteiger partial charge on any atom is 0.247 e. The van der Waals surface area contributed by atoms with Crippen LogP contribution in [0.2, 0.25) is 0 Å². The Morgan fingerprint density at radius 1 is 1.36 bits per heavy atom. The van der Waals surface area contributed by atoms with Crippen LogP contribution in [0.25, 0.3) is 10.7 Å². The van der Waals surface area contributed by atoms with E-state index in [0.717, 1.165) is 21.3 Å². The Labute approximate surface area is 147 Å². The van der Waals surface area contributed by atoms with Crippen molar-refractivity contribution in [1.29, 1.82) is 0 Å². The van der Waals surface area contributed by atoms with Gasteiger partial charge in [0.15, 0.2) is 0 Å². The molecule has 10 heteroatoms. The summed E-state index contributed by atoms with van der Waals surface area (Å²) < 4.78 is 50.0. The standard InChI is InChI=1S/C15H14FN3O4S2/c1-19(9-14-17-15(18-23-14)12-4-3-7-24-12)25(20,21)13-8-10(16)5-6-11(13)22-2/h3-8H,9H2,1-2H3. The third-order valence-corrected chi connectivity index (χ3v) is 6.07. The molecule has 0 saturated heterocycles. The number of hydrogen-bond donors (Lipinski definition) is 0. The summed E-state index contributed by atoms with van der Waals surface area (Å²) in [6, 6.07) is 6.98. The molecule has 3 rings (SSSR count). The summed E-state index contributed by atoms with van der Waals surface area (Å²) in [7, 11) is -1.34. The molecular formula is C15H14FN3O4S2. The minimum atomic E-state index is -4.00. The van der Waals surface area contributed by atoms with Crippen molar-refractivity contribution >= 4 is 21.4 Å². The molecule has 0 N–H and O–H groups in total. The van der Waals surface area contributed by atoms with E-state index in [-0.39, 0.29) is 23.1 Å². The Morgan fingerprint density at radius 3 is 2.84 bits per heavy atom. The van der Waals surface area contributed by atoms with E-state index in [1.807, 2.05) is 17.5 Å². The van der Waals surface area contributed by atoms with Gasteiger partial charge in [0.05, 0.1) is 18.5 Å². The first-order valence-electron chi connectivity index (χ1n) is 7.08. The lowest BCUT2D eigenvalue weighted by atomic mass is 10.3. The van der Waals surface area contributed by atoms with Crippen LogP contribution in [0.3, 0.4) is 0 Å². The first-order chi connectivity index (χ1) is 11.9.